The SMILES string of the molecule is CCc1cc(OC)c(P)c(OC)c1. The summed E-state index contributed by atoms with van der Waals surface area (Å²) in [6, 6.07) is 4.07. The normalized spacial score (nSPS) is 9.85. The van der Waals surface area contributed by atoms with Gasteiger partial charge in [-0.25, -0.2) is 0 Å². The molecule has 0 aliphatic rings. The van der Waals surface area contributed by atoms with Gasteiger partial charge in [0.2, 0.25) is 0 Å². The Hall–Kier alpha value is -0.750. The fourth-order valence-corrected chi connectivity index (χ4v) is 1.60. The van der Waals surface area contributed by atoms with Crippen molar-refractivity contribution in [3.05, 3.63) is 17.7 Å². The lowest BCUT2D eigenvalue weighted by molar-refractivity contribution is 0.400. The molecule has 0 radical (unpaired) electrons. The number of methoxy groups -OCH3 is 2. The molecule has 1 aromatic carbocycles. The number of hydrogen-bond donors (Lipinski definition) is 0. The number of hydrogen-bond acceptors (Lipinski definition) is 2. The summed E-state index contributed by atoms with van der Waals surface area (Å²) in [7, 11) is 5.96. The van der Waals surface area contributed by atoms with Crippen LogP contribution in [-0.4, -0.2) is 14.2 Å². The van der Waals surface area contributed by atoms with Crippen molar-refractivity contribution in [1.82, 2.24) is 0 Å². The van der Waals surface area contributed by atoms with Gasteiger partial charge in [-0.05, 0) is 24.1 Å². The van der Waals surface area contributed by atoms with E-state index in [0.29, 0.717) is 0 Å². The Bertz CT molecular complexity index is 272. The van der Waals surface area contributed by atoms with Crippen molar-refractivity contribution in [3.63, 3.8) is 0 Å². The highest BCUT2D eigenvalue weighted by atomic mass is 31.0. The van der Waals surface area contributed by atoms with Gasteiger partial charge < -0.3 is 9.47 Å². The molecule has 0 aromatic heterocycles. The maximum Gasteiger partial charge on any atom is 0.129 e. The largest absolute Gasteiger partial charge is 0.496 e. The van der Waals surface area contributed by atoms with Crippen molar-refractivity contribution < 1.29 is 9.47 Å². The van der Waals surface area contributed by atoms with Gasteiger partial charge in [0.15, 0.2) is 0 Å². The van der Waals surface area contributed by atoms with Crippen LogP contribution in [0, 0.1) is 0 Å². The van der Waals surface area contributed by atoms with Crippen LogP contribution in [0.2, 0.25) is 0 Å². The topological polar surface area (TPSA) is 18.5 Å². The van der Waals surface area contributed by atoms with Crippen LogP contribution in [0.1, 0.15) is 12.5 Å². The smallest absolute Gasteiger partial charge is 0.129 e. The monoisotopic (exact) mass is 198 g/mol. The maximum atomic E-state index is 5.23. The van der Waals surface area contributed by atoms with Gasteiger partial charge in [0, 0.05) is 0 Å². The molecule has 0 fully saturated rings. The zero-order chi connectivity index (χ0) is 9.84. The Morgan fingerprint density at radius 2 is 1.62 bits per heavy atom. The molecular formula is C10H15O2P. The average Bonchev–Trinajstić information content (AvgIpc) is 2.18. The van der Waals surface area contributed by atoms with Gasteiger partial charge in [-0.3, -0.25) is 0 Å². The molecule has 0 saturated carbocycles. The summed E-state index contributed by atoms with van der Waals surface area (Å²) in [5, 5.41) is 0.974. The molecule has 0 N–H and O–H groups in total. The lowest BCUT2D eigenvalue weighted by Gasteiger charge is -2.11. The molecule has 3 heteroatoms. The van der Waals surface area contributed by atoms with Gasteiger partial charge in [-0.1, -0.05) is 16.2 Å². The van der Waals surface area contributed by atoms with Crippen molar-refractivity contribution in [2.45, 2.75) is 13.3 Å². The molecule has 13 heavy (non-hydrogen) atoms. The molecule has 1 atom stereocenters. The molecule has 0 aliphatic carbocycles. The van der Waals surface area contributed by atoms with E-state index in [4.69, 9.17) is 9.47 Å². The molecule has 1 rings (SSSR count). The minimum atomic E-state index is 0.862. The fourth-order valence-electron chi connectivity index (χ4n) is 1.20. The summed E-state index contributed by atoms with van der Waals surface area (Å²) >= 11 is 0. The summed E-state index contributed by atoms with van der Waals surface area (Å²) in [6.07, 6.45) is 0.984. The second-order valence-corrected chi connectivity index (χ2v) is 3.34. The molecule has 2 nitrogen and oxygen atoms in total. The molecular weight excluding hydrogens is 183 g/mol. The second-order valence-electron chi connectivity index (χ2n) is 2.77. The quantitative estimate of drug-likeness (QED) is 0.689. The molecule has 0 amide bonds. The molecule has 1 aromatic rings. The van der Waals surface area contributed by atoms with Gasteiger partial charge >= 0.3 is 0 Å². The Kier molecular flexibility index (Phi) is 3.56. The van der Waals surface area contributed by atoms with Crippen molar-refractivity contribution >= 4 is 14.5 Å². The van der Waals surface area contributed by atoms with Crippen LogP contribution in [0.15, 0.2) is 12.1 Å². The molecule has 72 valence electrons. The van der Waals surface area contributed by atoms with Crippen molar-refractivity contribution in [3.8, 4) is 11.5 Å². The molecule has 0 aliphatic heterocycles. The van der Waals surface area contributed by atoms with Gasteiger partial charge in [-0.15, -0.1) is 0 Å². The van der Waals surface area contributed by atoms with E-state index < -0.39 is 0 Å². The van der Waals surface area contributed by atoms with Gasteiger partial charge in [0.25, 0.3) is 0 Å². The number of ether oxygens (including phenoxy) is 2. The molecule has 0 spiro atoms. The first-order valence-corrected chi connectivity index (χ1v) is 4.81. The van der Waals surface area contributed by atoms with E-state index in [0.717, 1.165) is 23.2 Å². The van der Waals surface area contributed by atoms with Crippen LogP contribution in [0.4, 0.5) is 0 Å². The predicted octanol–water partition coefficient (Wildman–Crippen LogP) is 1.77. The highest BCUT2D eigenvalue weighted by Crippen LogP contribution is 2.22. The van der Waals surface area contributed by atoms with E-state index in [9.17, 15) is 0 Å². The van der Waals surface area contributed by atoms with Crippen LogP contribution in [0.25, 0.3) is 0 Å². The number of aryl methyl sites for hydroxylation is 1. The standard InChI is InChI=1S/C10H15O2P/c1-4-7-5-8(11-2)10(13)9(6-7)12-3/h5-6H,4,13H2,1-3H3. The first-order chi connectivity index (χ1) is 6.22. The first-order valence-electron chi connectivity index (χ1n) is 4.23. The highest BCUT2D eigenvalue weighted by Gasteiger charge is 2.06. The van der Waals surface area contributed by atoms with E-state index in [-0.39, 0.29) is 0 Å². The predicted molar refractivity (Wildman–Crippen MR) is 58.3 cm³/mol. The minimum absolute atomic E-state index is 0.862. The van der Waals surface area contributed by atoms with Gasteiger partial charge in [-0.2, -0.15) is 0 Å². The van der Waals surface area contributed by atoms with E-state index in [1.165, 1.54) is 5.56 Å². The lowest BCUT2D eigenvalue weighted by Crippen LogP contribution is -2.04. The van der Waals surface area contributed by atoms with Crippen LogP contribution < -0.4 is 14.8 Å². The summed E-state index contributed by atoms with van der Waals surface area (Å²) in [6.45, 7) is 2.11. The number of benzene rings is 1. The van der Waals surface area contributed by atoms with Crippen LogP contribution >= 0.6 is 9.24 Å². The van der Waals surface area contributed by atoms with E-state index in [1.807, 2.05) is 12.1 Å². The lowest BCUT2D eigenvalue weighted by atomic mass is 10.1. The van der Waals surface area contributed by atoms with E-state index >= 15 is 0 Å². The summed E-state index contributed by atoms with van der Waals surface area (Å²) in [4.78, 5) is 0. The van der Waals surface area contributed by atoms with Crippen molar-refractivity contribution in [2.24, 2.45) is 0 Å². The number of rotatable bonds is 3. The zero-order valence-electron chi connectivity index (χ0n) is 8.26. The Balaban J connectivity index is 3.20. The second kappa shape index (κ2) is 4.48. The third kappa shape index (κ3) is 2.13. The van der Waals surface area contributed by atoms with Crippen LogP contribution in [0.5, 0.6) is 11.5 Å². The Morgan fingerprint density at radius 1 is 1.15 bits per heavy atom. The Morgan fingerprint density at radius 3 is 1.92 bits per heavy atom. The van der Waals surface area contributed by atoms with Gasteiger partial charge in [0.1, 0.15) is 11.5 Å². The third-order valence-corrected chi connectivity index (χ3v) is 2.58. The van der Waals surface area contributed by atoms with Crippen LogP contribution in [0.3, 0.4) is 0 Å². The zero-order valence-corrected chi connectivity index (χ0v) is 9.41. The molecule has 0 saturated heterocycles. The first kappa shape index (κ1) is 10.3. The molecule has 0 heterocycles. The summed E-state index contributed by atoms with van der Waals surface area (Å²) in [5.41, 5.74) is 1.22. The van der Waals surface area contributed by atoms with Crippen LogP contribution in [-0.2, 0) is 6.42 Å². The fraction of sp³-hybridized carbons (Fsp3) is 0.400. The molecule has 0 bridgehead atoms. The minimum Gasteiger partial charge on any atom is -0.496 e. The van der Waals surface area contributed by atoms with Gasteiger partial charge in [0.05, 0.1) is 19.5 Å². The summed E-state index contributed by atoms with van der Waals surface area (Å²) < 4.78 is 10.5. The van der Waals surface area contributed by atoms with E-state index in [2.05, 4.69) is 16.2 Å². The van der Waals surface area contributed by atoms with E-state index in [1.54, 1.807) is 14.2 Å². The highest BCUT2D eigenvalue weighted by molar-refractivity contribution is 7.28. The van der Waals surface area contributed by atoms with Crippen molar-refractivity contribution in [1.29, 1.82) is 0 Å². The average molecular weight is 198 g/mol. The summed E-state index contributed by atoms with van der Waals surface area (Å²) in [5.74, 6) is 1.72. The Labute approximate surface area is 81.4 Å². The third-order valence-electron chi connectivity index (χ3n) is 2.01. The molecule has 1 unspecified atom stereocenters. The van der Waals surface area contributed by atoms with Crippen molar-refractivity contribution in [2.75, 3.05) is 14.2 Å². The maximum absolute atomic E-state index is 5.23.